The molecule has 0 amide bonds. The first-order valence-electron chi connectivity index (χ1n) is 10.3. The van der Waals surface area contributed by atoms with Crippen molar-refractivity contribution in [2.45, 2.75) is 39.3 Å². The maximum absolute atomic E-state index is 6.02. The Hall–Kier alpha value is -2.55. The lowest BCUT2D eigenvalue weighted by atomic mass is 10.0. The van der Waals surface area contributed by atoms with E-state index in [0.29, 0.717) is 11.8 Å². The maximum Gasteiger partial charge on any atom is 0.161 e. The van der Waals surface area contributed by atoms with Crippen LogP contribution < -0.4 is 0 Å². The quantitative estimate of drug-likeness (QED) is 0.284. The van der Waals surface area contributed by atoms with Crippen LogP contribution in [0.15, 0.2) is 36.8 Å². The Labute approximate surface area is 188 Å². The SMILES string of the molecule is Cc1cc(-c2cn(C)nc2-c2ccc(Cl)cn2)c2cnn(COCC[Si](C)(C)C)c2n1. The van der Waals surface area contributed by atoms with Gasteiger partial charge in [-0.05, 0) is 36.7 Å². The Morgan fingerprint density at radius 2 is 1.94 bits per heavy atom. The summed E-state index contributed by atoms with van der Waals surface area (Å²) in [6, 6.07) is 6.90. The van der Waals surface area contributed by atoms with Gasteiger partial charge in [-0.2, -0.15) is 10.2 Å². The fraction of sp³-hybridized carbons (Fsp3) is 0.364. The summed E-state index contributed by atoms with van der Waals surface area (Å²) in [5.74, 6) is 0. The fourth-order valence-corrected chi connectivity index (χ4v) is 4.28. The van der Waals surface area contributed by atoms with E-state index in [1.807, 2.05) is 43.2 Å². The number of nitrogens with zero attached hydrogens (tertiary/aromatic N) is 6. The third-order valence-electron chi connectivity index (χ3n) is 5.04. The molecular formula is C22H27ClN6OSi. The minimum absolute atomic E-state index is 0.391. The van der Waals surface area contributed by atoms with Gasteiger partial charge in [0.05, 0.1) is 16.9 Å². The molecular weight excluding hydrogens is 428 g/mol. The zero-order chi connectivity index (χ0) is 22.2. The Morgan fingerprint density at radius 3 is 2.65 bits per heavy atom. The number of aryl methyl sites for hydroxylation is 2. The number of hydrogen-bond donors (Lipinski definition) is 0. The molecule has 4 aromatic rings. The van der Waals surface area contributed by atoms with Gasteiger partial charge in [-0.1, -0.05) is 31.2 Å². The van der Waals surface area contributed by atoms with Crippen LogP contribution in [0.2, 0.25) is 30.7 Å². The van der Waals surface area contributed by atoms with Crippen LogP contribution in [0.1, 0.15) is 5.69 Å². The number of fused-ring (bicyclic) bond motifs is 1. The highest BCUT2D eigenvalue weighted by atomic mass is 35.5. The van der Waals surface area contributed by atoms with Crippen molar-refractivity contribution in [1.29, 1.82) is 0 Å². The van der Waals surface area contributed by atoms with Gasteiger partial charge in [0.2, 0.25) is 0 Å². The number of hydrogen-bond acceptors (Lipinski definition) is 5. The molecule has 0 saturated carbocycles. The summed E-state index contributed by atoms with van der Waals surface area (Å²) in [6.45, 7) is 10.2. The van der Waals surface area contributed by atoms with Crippen molar-refractivity contribution < 1.29 is 4.74 Å². The molecule has 0 bridgehead atoms. The molecule has 0 spiro atoms. The lowest BCUT2D eigenvalue weighted by molar-refractivity contribution is 0.0813. The highest BCUT2D eigenvalue weighted by Crippen LogP contribution is 2.35. The molecule has 0 aliphatic rings. The zero-order valence-corrected chi connectivity index (χ0v) is 20.3. The normalized spacial score (nSPS) is 12.1. The molecule has 4 rings (SSSR count). The summed E-state index contributed by atoms with van der Waals surface area (Å²) in [6.07, 6.45) is 5.49. The van der Waals surface area contributed by atoms with Gasteiger partial charge in [-0.15, -0.1) is 0 Å². The topological polar surface area (TPSA) is 70.7 Å². The monoisotopic (exact) mass is 454 g/mol. The third kappa shape index (κ3) is 4.86. The van der Waals surface area contributed by atoms with Gasteiger partial charge in [-0.3, -0.25) is 9.67 Å². The molecule has 9 heteroatoms. The number of pyridine rings is 2. The minimum atomic E-state index is -1.13. The molecule has 0 saturated heterocycles. The van der Waals surface area contributed by atoms with Gasteiger partial charge in [0.15, 0.2) is 5.65 Å². The van der Waals surface area contributed by atoms with Crippen molar-refractivity contribution in [3.05, 3.63) is 47.5 Å². The lowest BCUT2D eigenvalue weighted by Crippen LogP contribution is -2.22. The van der Waals surface area contributed by atoms with Crippen LogP contribution >= 0.6 is 11.6 Å². The first-order chi connectivity index (χ1) is 14.7. The molecule has 4 heterocycles. The maximum atomic E-state index is 6.02. The van der Waals surface area contributed by atoms with Crippen molar-refractivity contribution in [1.82, 2.24) is 29.5 Å². The van der Waals surface area contributed by atoms with Gasteiger partial charge in [0, 0.05) is 50.8 Å². The smallest absolute Gasteiger partial charge is 0.161 e. The van der Waals surface area contributed by atoms with E-state index in [-0.39, 0.29) is 0 Å². The number of rotatable bonds is 7. The van der Waals surface area contributed by atoms with Gasteiger partial charge < -0.3 is 4.74 Å². The Kier molecular flexibility index (Phi) is 5.96. The van der Waals surface area contributed by atoms with E-state index in [4.69, 9.17) is 21.3 Å². The van der Waals surface area contributed by atoms with Gasteiger partial charge in [-0.25, -0.2) is 9.67 Å². The summed E-state index contributed by atoms with van der Waals surface area (Å²) in [4.78, 5) is 9.20. The average Bonchev–Trinajstić information content (AvgIpc) is 3.28. The van der Waals surface area contributed by atoms with Crippen LogP contribution in [-0.4, -0.2) is 44.2 Å². The van der Waals surface area contributed by atoms with Gasteiger partial charge in [0.25, 0.3) is 0 Å². The van der Waals surface area contributed by atoms with Gasteiger partial charge >= 0.3 is 0 Å². The first kappa shape index (κ1) is 21.7. The summed E-state index contributed by atoms with van der Waals surface area (Å²) in [5, 5.41) is 10.8. The van der Waals surface area contributed by atoms with Crippen LogP contribution in [-0.2, 0) is 18.5 Å². The first-order valence-corrected chi connectivity index (χ1v) is 14.4. The summed E-state index contributed by atoms with van der Waals surface area (Å²) >= 11 is 6.02. The second-order valence-electron chi connectivity index (χ2n) is 8.97. The summed E-state index contributed by atoms with van der Waals surface area (Å²) in [7, 11) is 0.778. The largest absolute Gasteiger partial charge is 0.359 e. The van der Waals surface area contributed by atoms with Crippen LogP contribution in [0, 0.1) is 6.92 Å². The summed E-state index contributed by atoms with van der Waals surface area (Å²) < 4.78 is 9.54. The minimum Gasteiger partial charge on any atom is -0.359 e. The van der Waals surface area contributed by atoms with Crippen LogP contribution in [0.4, 0.5) is 0 Å². The lowest BCUT2D eigenvalue weighted by Gasteiger charge is -2.15. The van der Waals surface area contributed by atoms with E-state index >= 15 is 0 Å². The molecule has 0 aliphatic heterocycles. The Bertz CT molecular complexity index is 1210. The van der Waals surface area contributed by atoms with Crippen molar-refractivity contribution >= 4 is 30.7 Å². The van der Waals surface area contributed by atoms with Crippen molar-refractivity contribution in [3.63, 3.8) is 0 Å². The highest BCUT2D eigenvalue weighted by Gasteiger charge is 2.19. The second kappa shape index (κ2) is 8.53. The molecule has 0 fully saturated rings. The predicted octanol–water partition coefficient (Wildman–Crippen LogP) is 5.17. The zero-order valence-electron chi connectivity index (χ0n) is 18.6. The number of halogens is 1. The van der Waals surface area contributed by atoms with E-state index in [1.165, 1.54) is 0 Å². The molecule has 0 radical (unpaired) electrons. The summed E-state index contributed by atoms with van der Waals surface area (Å²) in [5.41, 5.74) is 5.28. The van der Waals surface area contributed by atoms with E-state index in [1.54, 1.807) is 10.9 Å². The molecule has 0 unspecified atom stereocenters. The molecule has 0 aliphatic carbocycles. The predicted molar refractivity (Wildman–Crippen MR) is 127 cm³/mol. The Morgan fingerprint density at radius 1 is 1.13 bits per heavy atom. The van der Waals surface area contributed by atoms with Crippen molar-refractivity contribution in [2.24, 2.45) is 7.05 Å². The number of ether oxygens (including phenoxy) is 1. The Balaban J connectivity index is 1.71. The van der Waals surface area contributed by atoms with Crippen molar-refractivity contribution in [3.8, 4) is 22.5 Å². The van der Waals surface area contributed by atoms with Crippen molar-refractivity contribution in [2.75, 3.05) is 6.61 Å². The van der Waals surface area contributed by atoms with E-state index in [0.717, 1.165) is 51.9 Å². The third-order valence-corrected chi connectivity index (χ3v) is 6.96. The molecule has 4 aromatic heterocycles. The molecule has 7 nitrogen and oxygen atoms in total. The highest BCUT2D eigenvalue weighted by molar-refractivity contribution is 6.76. The molecule has 31 heavy (non-hydrogen) atoms. The second-order valence-corrected chi connectivity index (χ2v) is 15.0. The molecule has 0 atom stereocenters. The van der Waals surface area contributed by atoms with Gasteiger partial charge in [0.1, 0.15) is 12.4 Å². The van der Waals surface area contributed by atoms with E-state index in [9.17, 15) is 0 Å². The van der Waals surface area contributed by atoms with E-state index < -0.39 is 8.07 Å². The molecule has 0 aromatic carbocycles. The number of aromatic nitrogens is 6. The molecule has 0 N–H and O–H groups in total. The average molecular weight is 455 g/mol. The fourth-order valence-electron chi connectivity index (χ4n) is 3.41. The van der Waals surface area contributed by atoms with Crippen LogP contribution in [0.3, 0.4) is 0 Å². The molecule has 162 valence electrons. The van der Waals surface area contributed by atoms with E-state index in [2.05, 4.69) is 40.9 Å². The van der Waals surface area contributed by atoms with Crippen LogP contribution in [0.25, 0.3) is 33.5 Å². The standard InChI is InChI=1S/C22H27ClN6OSi/c1-15-10-17(19-13-28(2)27-21(19)20-7-6-16(23)11-24-20)18-12-25-29(22(18)26-15)14-30-8-9-31(3,4)5/h6-7,10-13H,8-9,14H2,1-5H3. The van der Waals surface area contributed by atoms with Crippen LogP contribution in [0.5, 0.6) is 0 Å².